The summed E-state index contributed by atoms with van der Waals surface area (Å²) < 4.78 is 0. The van der Waals surface area contributed by atoms with Crippen LogP contribution in [-0.2, 0) is 0 Å². The van der Waals surface area contributed by atoms with Gasteiger partial charge in [-0.25, -0.2) is 0 Å². The van der Waals surface area contributed by atoms with Crippen LogP contribution in [0, 0.1) is 35.5 Å². The van der Waals surface area contributed by atoms with Crippen LogP contribution in [0.4, 0.5) is 0 Å². The van der Waals surface area contributed by atoms with E-state index in [9.17, 15) is 0 Å². The predicted octanol–water partition coefficient (Wildman–Crippen LogP) is 3.99. The van der Waals surface area contributed by atoms with Crippen molar-refractivity contribution in [3.05, 3.63) is 11.6 Å². The maximum absolute atomic E-state index is 5.71. The zero-order chi connectivity index (χ0) is 12.7. The molecule has 0 aromatic carbocycles. The Hall–Kier alpha value is -0.300. The van der Waals surface area contributed by atoms with E-state index in [0.717, 1.165) is 48.5 Å². The molecule has 4 aliphatic rings. The Balaban J connectivity index is 1.82. The maximum atomic E-state index is 5.71. The highest BCUT2D eigenvalue weighted by atomic mass is 14.5. The molecule has 0 amide bonds. The molecule has 0 aromatic heterocycles. The van der Waals surface area contributed by atoms with Crippen molar-refractivity contribution < 1.29 is 0 Å². The minimum absolute atomic E-state index is 0.721. The van der Waals surface area contributed by atoms with Gasteiger partial charge < -0.3 is 5.73 Å². The van der Waals surface area contributed by atoms with E-state index in [0.29, 0.717) is 0 Å². The number of nitrogens with two attached hydrogens (primary N) is 1. The minimum Gasteiger partial charge on any atom is -0.330 e. The van der Waals surface area contributed by atoms with Gasteiger partial charge in [-0.3, -0.25) is 0 Å². The van der Waals surface area contributed by atoms with Crippen molar-refractivity contribution >= 4 is 0 Å². The van der Waals surface area contributed by atoms with Gasteiger partial charge in [0.05, 0.1) is 0 Å². The molecule has 0 heterocycles. The van der Waals surface area contributed by atoms with Crippen LogP contribution in [-0.4, -0.2) is 6.54 Å². The molecular weight excluding hydrogens is 218 g/mol. The lowest BCUT2D eigenvalue weighted by Crippen LogP contribution is -2.46. The Kier molecular flexibility index (Phi) is 3.53. The van der Waals surface area contributed by atoms with Gasteiger partial charge in [0.1, 0.15) is 0 Å². The van der Waals surface area contributed by atoms with E-state index >= 15 is 0 Å². The van der Waals surface area contributed by atoms with Crippen LogP contribution < -0.4 is 5.73 Å². The summed E-state index contributed by atoms with van der Waals surface area (Å²) in [5, 5.41) is 0. The number of allylic oxidation sites excluding steroid dienone is 1. The Bertz CT molecular complexity index is 301. The van der Waals surface area contributed by atoms with Crippen molar-refractivity contribution in [2.75, 3.05) is 6.54 Å². The molecule has 2 N–H and O–H groups in total. The molecule has 18 heavy (non-hydrogen) atoms. The number of rotatable bonds is 4. The third kappa shape index (κ3) is 2.15. The van der Waals surface area contributed by atoms with E-state index in [1.54, 1.807) is 12.0 Å². The van der Waals surface area contributed by atoms with Crippen molar-refractivity contribution in [2.24, 2.45) is 41.2 Å². The molecule has 0 atom stereocenters. The lowest BCUT2D eigenvalue weighted by molar-refractivity contribution is -0.0238. The summed E-state index contributed by atoms with van der Waals surface area (Å²) in [7, 11) is 0. The highest BCUT2D eigenvalue weighted by Gasteiger charge is 2.49. The van der Waals surface area contributed by atoms with Gasteiger partial charge >= 0.3 is 0 Å². The van der Waals surface area contributed by atoms with Gasteiger partial charge in [-0.05, 0) is 80.6 Å². The average Bonchev–Trinajstić information content (AvgIpc) is 2.31. The minimum atomic E-state index is 0.721. The fourth-order valence-corrected chi connectivity index (χ4v) is 5.48. The normalized spacial score (nSPS) is 42.9. The van der Waals surface area contributed by atoms with E-state index in [1.807, 2.05) is 0 Å². The van der Waals surface area contributed by atoms with Gasteiger partial charge in [-0.15, -0.1) is 0 Å². The molecule has 0 spiro atoms. The van der Waals surface area contributed by atoms with E-state index in [4.69, 9.17) is 5.73 Å². The fourth-order valence-electron chi connectivity index (χ4n) is 5.48. The molecule has 4 fully saturated rings. The van der Waals surface area contributed by atoms with Crippen LogP contribution in [0.1, 0.15) is 52.4 Å². The Morgan fingerprint density at radius 3 is 2.06 bits per heavy atom. The Morgan fingerprint density at radius 1 is 1.06 bits per heavy atom. The quantitative estimate of drug-likeness (QED) is 0.747. The standard InChI is InChI=1S/C17H29N/c1-11(2)16(4-3-5-18)17-14-7-12-6-13(9-14)10-15(17)8-12/h4,11-15,17H,3,5-10,18H2,1-2H3/b16-4+. The molecule has 1 nitrogen and oxygen atoms in total. The van der Waals surface area contributed by atoms with Crippen molar-refractivity contribution in [1.82, 2.24) is 0 Å². The van der Waals surface area contributed by atoms with E-state index < -0.39 is 0 Å². The van der Waals surface area contributed by atoms with Crippen molar-refractivity contribution in [1.29, 1.82) is 0 Å². The maximum Gasteiger partial charge on any atom is -0.00425 e. The summed E-state index contributed by atoms with van der Waals surface area (Å²) in [6.45, 7) is 5.57. The molecule has 102 valence electrons. The van der Waals surface area contributed by atoms with Gasteiger partial charge in [0.2, 0.25) is 0 Å². The van der Waals surface area contributed by atoms with E-state index in [1.165, 1.54) is 25.7 Å². The van der Waals surface area contributed by atoms with E-state index in [2.05, 4.69) is 19.9 Å². The highest BCUT2D eigenvalue weighted by molar-refractivity contribution is 5.17. The van der Waals surface area contributed by atoms with Crippen LogP contribution in [0.3, 0.4) is 0 Å². The zero-order valence-corrected chi connectivity index (χ0v) is 12.1. The zero-order valence-electron chi connectivity index (χ0n) is 12.1. The molecular formula is C17H29N. The van der Waals surface area contributed by atoms with Crippen LogP contribution in [0.25, 0.3) is 0 Å². The molecule has 1 heteroatoms. The third-order valence-corrected chi connectivity index (χ3v) is 5.83. The first kappa shape index (κ1) is 12.7. The average molecular weight is 247 g/mol. The summed E-state index contributed by atoms with van der Waals surface area (Å²) in [4.78, 5) is 0. The third-order valence-electron chi connectivity index (χ3n) is 5.83. The summed E-state index contributed by atoms with van der Waals surface area (Å²) in [5.74, 6) is 5.86. The fraction of sp³-hybridized carbons (Fsp3) is 0.882. The molecule has 4 saturated carbocycles. The van der Waals surface area contributed by atoms with Crippen LogP contribution in [0.5, 0.6) is 0 Å². The molecule has 0 aliphatic heterocycles. The first-order chi connectivity index (χ1) is 8.69. The number of hydrogen-bond donors (Lipinski definition) is 1. The van der Waals surface area contributed by atoms with Crippen molar-refractivity contribution in [2.45, 2.75) is 52.4 Å². The summed E-state index contributed by atoms with van der Waals surface area (Å²) in [5.41, 5.74) is 7.47. The number of hydrogen-bond acceptors (Lipinski definition) is 1. The van der Waals surface area contributed by atoms with Crippen LogP contribution >= 0.6 is 0 Å². The summed E-state index contributed by atoms with van der Waals surface area (Å²) in [6.07, 6.45) is 11.3. The summed E-state index contributed by atoms with van der Waals surface area (Å²) >= 11 is 0. The first-order valence-electron chi connectivity index (χ1n) is 8.09. The van der Waals surface area contributed by atoms with Gasteiger partial charge in [-0.2, -0.15) is 0 Å². The summed E-state index contributed by atoms with van der Waals surface area (Å²) in [6, 6.07) is 0. The largest absolute Gasteiger partial charge is 0.330 e. The second-order valence-corrected chi connectivity index (χ2v) is 7.39. The Morgan fingerprint density at radius 2 is 1.61 bits per heavy atom. The predicted molar refractivity (Wildman–Crippen MR) is 77.1 cm³/mol. The lowest BCUT2D eigenvalue weighted by Gasteiger charge is -2.55. The molecule has 4 aliphatic carbocycles. The van der Waals surface area contributed by atoms with Crippen molar-refractivity contribution in [3.63, 3.8) is 0 Å². The van der Waals surface area contributed by atoms with Crippen LogP contribution in [0.2, 0.25) is 0 Å². The van der Waals surface area contributed by atoms with Gasteiger partial charge in [0, 0.05) is 0 Å². The SMILES string of the molecule is CC(C)/C(=C\CCN)C1C2CC3CC(C2)CC1C3. The second kappa shape index (κ2) is 5.00. The van der Waals surface area contributed by atoms with Gasteiger partial charge in [-0.1, -0.05) is 25.5 Å². The van der Waals surface area contributed by atoms with E-state index in [-0.39, 0.29) is 0 Å². The Labute approximate surface area is 112 Å². The second-order valence-electron chi connectivity index (χ2n) is 7.39. The topological polar surface area (TPSA) is 26.0 Å². The molecule has 0 radical (unpaired) electrons. The smallest absolute Gasteiger partial charge is 0.00425 e. The molecule has 0 aromatic rings. The van der Waals surface area contributed by atoms with Crippen molar-refractivity contribution in [3.8, 4) is 0 Å². The molecule has 4 rings (SSSR count). The molecule has 0 unspecified atom stereocenters. The van der Waals surface area contributed by atoms with Crippen LogP contribution in [0.15, 0.2) is 11.6 Å². The molecule has 4 bridgehead atoms. The lowest BCUT2D eigenvalue weighted by atomic mass is 9.50. The highest BCUT2D eigenvalue weighted by Crippen LogP contribution is 2.59. The molecule has 0 saturated heterocycles. The van der Waals surface area contributed by atoms with Gasteiger partial charge in [0.25, 0.3) is 0 Å². The first-order valence-corrected chi connectivity index (χ1v) is 8.09. The monoisotopic (exact) mass is 247 g/mol. The van der Waals surface area contributed by atoms with Gasteiger partial charge in [0.15, 0.2) is 0 Å².